The zero-order valence-electron chi connectivity index (χ0n) is 15.2. The summed E-state index contributed by atoms with van der Waals surface area (Å²) in [6.07, 6.45) is 2.04. The van der Waals surface area contributed by atoms with Crippen LogP contribution in [0.15, 0.2) is 52.4 Å². The number of piperidine rings is 1. The summed E-state index contributed by atoms with van der Waals surface area (Å²) in [6, 6.07) is 11.0. The first-order valence-corrected chi connectivity index (χ1v) is 10.4. The number of hydrogen-bond acceptors (Lipinski definition) is 7. The number of amides is 1. The SMILES string of the molecule is Cn1cnnc1S(=O)(=O)C1CCN(C(=O)c2cc(-c3ccccc3)on2)CC1. The lowest BCUT2D eigenvalue weighted by atomic mass is 10.1. The molecule has 0 spiro atoms. The van der Waals surface area contributed by atoms with Crippen LogP contribution in [-0.4, -0.2) is 57.5 Å². The van der Waals surface area contributed by atoms with Crippen molar-refractivity contribution in [2.75, 3.05) is 13.1 Å². The van der Waals surface area contributed by atoms with E-state index >= 15 is 0 Å². The van der Waals surface area contributed by atoms with Crippen molar-refractivity contribution in [2.45, 2.75) is 23.2 Å². The second kappa shape index (κ2) is 7.19. The van der Waals surface area contributed by atoms with E-state index in [9.17, 15) is 13.2 Å². The van der Waals surface area contributed by atoms with Gasteiger partial charge in [0.05, 0.1) is 5.25 Å². The Morgan fingerprint density at radius 3 is 2.54 bits per heavy atom. The molecule has 0 atom stereocenters. The number of sulfone groups is 1. The van der Waals surface area contributed by atoms with Gasteiger partial charge >= 0.3 is 0 Å². The molecule has 10 heteroatoms. The summed E-state index contributed by atoms with van der Waals surface area (Å²) in [5.74, 6) is 0.254. The summed E-state index contributed by atoms with van der Waals surface area (Å²) in [5, 5.41) is 10.6. The molecule has 4 rings (SSSR count). The zero-order chi connectivity index (χ0) is 19.7. The van der Waals surface area contributed by atoms with Crippen LogP contribution in [0.3, 0.4) is 0 Å². The Labute approximate surface area is 161 Å². The molecule has 0 N–H and O–H groups in total. The van der Waals surface area contributed by atoms with Crippen molar-refractivity contribution in [3.05, 3.63) is 48.4 Å². The molecule has 3 aromatic rings. The van der Waals surface area contributed by atoms with E-state index in [1.807, 2.05) is 30.3 Å². The predicted molar refractivity (Wildman–Crippen MR) is 99.1 cm³/mol. The summed E-state index contributed by atoms with van der Waals surface area (Å²) < 4.78 is 32.1. The Kier molecular flexibility index (Phi) is 4.71. The molecule has 28 heavy (non-hydrogen) atoms. The molecule has 0 aliphatic carbocycles. The van der Waals surface area contributed by atoms with Crippen LogP contribution in [0.4, 0.5) is 0 Å². The van der Waals surface area contributed by atoms with Crippen molar-refractivity contribution in [2.24, 2.45) is 7.05 Å². The van der Waals surface area contributed by atoms with Crippen molar-refractivity contribution >= 4 is 15.7 Å². The molecule has 1 amide bonds. The molecule has 1 aromatic carbocycles. The van der Waals surface area contributed by atoms with Crippen LogP contribution < -0.4 is 0 Å². The molecule has 1 aliphatic heterocycles. The van der Waals surface area contributed by atoms with Crippen LogP contribution in [0.1, 0.15) is 23.3 Å². The maximum Gasteiger partial charge on any atom is 0.276 e. The standard InChI is InChI=1S/C18H19N5O4S/c1-22-12-19-20-18(22)28(25,26)14-7-9-23(10-8-14)17(24)15-11-16(27-21-15)13-5-3-2-4-6-13/h2-6,11-12,14H,7-10H2,1H3. The van der Waals surface area contributed by atoms with Gasteiger partial charge in [-0.25, -0.2) is 8.42 Å². The summed E-state index contributed by atoms with van der Waals surface area (Å²) >= 11 is 0. The van der Waals surface area contributed by atoms with Gasteiger partial charge in [0.1, 0.15) is 6.33 Å². The summed E-state index contributed by atoms with van der Waals surface area (Å²) in [4.78, 5) is 14.3. The molecule has 0 bridgehead atoms. The lowest BCUT2D eigenvalue weighted by Gasteiger charge is -2.30. The Bertz CT molecular complexity index is 1080. The van der Waals surface area contributed by atoms with Crippen LogP contribution in [-0.2, 0) is 16.9 Å². The first kappa shape index (κ1) is 18.4. The van der Waals surface area contributed by atoms with Crippen molar-refractivity contribution in [3.8, 4) is 11.3 Å². The molecule has 9 nitrogen and oxygen atoms in total. The van der Waals surface area contributed by atoms with Crippen molar-refractivity contribution in [3.63, 3.8) is 0 Å². The molecular formula is C18H19N5O4S. The number of carbonyl (C=O) groups excluding carboxylic acids is 1. The highest BCUT2D eigenvalue weighted by Crippen LogP contribution is 2.25. The van der Waals surface area contributed by atoms with Gasteiger partial charge in [-0.2, -0.15) is 0 Å². The third kappa shape index (κ3) is 3.31. The van der Waals surface area contributed by atoms with Gasteiger partial charge in [0.2, 0.25) is 15.0 Å². The third-order valence-electron chi connectivity index (χ3n) is 4.88. The van der Waals surface area contributed by atoms with Crippen LogP contribution in [0, 0.1) is 0 Å². The molecule has 1 saturated heterocycles. The number of nitrogens with zero attached hydrogens (tertiary/aromatic N) is 5. The minimum Gasteiger partial charge on any atom is -0.355 e. The first-order chi connectivity index (χ1) is 13.5. The molecule has 2 aromatic heterocycles. The second-order valence-corrected chi connectivity index (χ2v) is 8.83. The van der Waals surface area contributed by atoms with E-state index in [0.717, 1.165) is 5.56 Å². The molecule has 0 unspecified atom stereocenters. The molecule has 0 radical (unpaired) electrons. The fraction of sp³-hybridized carbons (Fsp3) is 0.333. The second-order valence-electron chi connectivity index (χ2n) is 6.70. The lowest BCUT2D eigenvalue weighted by molar-refractivity contribution is 0.0715. The third-order valence-corrected chi connectivity index (χ3v) is 7.11. The molecule has 3 heterocycles. The average molecular weight is 401 g/mol. The van der Waals surface area contributed by atoms with Gasteiger partial charge in [-0.15, -0.1) is 10.2 Å². The van der Waals surface area contributed by atoms with Gasteiger partial charge in [-0.05, 0) is 12.8 Å². The number of benzene rings is 1. The smallest absolute Gasteiger partial charge is 0.276 e. The zero-order valence-corrected chi connectivity index (χ0v) is 16.0. The highest BCUT2D eigenvalue weighted by atomic mass is 32.2. The van der Waals surface area contributed by atoms with Crippen LogP contribution >= 0.6 is 0 Å². The molecule has 1 fully saturated rings. The number of rotatable bonds is 4. The van der Waals surface area contributed by atoms with E-state index in [1.54, 1.807) is 18.0 Å². The largest absolute Gasteiger partial charge is 0.355 e. The van der Waals surface area contributed by atoms with E-state index < -0.39 is 15.1 Å². The van der Waals surface area contributed by atoms with E-state index in [4.69, 9.17) is 4.52 Å². The Hall–Kier alpha value is -3.01. The molecule has 0 saturated carbocycles. The predicted octanol–water partition coefficient (Wildman–Crippen LogP) is 1.55. The Morgan fingerprint density at radius 1 is 1.18 bits per heavy atom. The summed E-state index contributed by atoms with van der Waals surface area (Å²) in [7, 11) is -1.98. The minimum absolute atomic E-state index is 0.0405. The van der Waals surface area contributed by atoms with Gasteiger partial charge in [-0.1, -0.05) is 35.5 Å². The maximum absolute atomic E-state index is 12.7. The van der Waals surface area contributed by atoms with Crippen molar-refractivity contribution in [1.82, 2.24) is 24.8 Å². The number of carbonyl (C=O) groups is 1. The highest BCUT2D eigenvalue weighted by Gasteiger charge is 2.36. The summed E-state index contributed by atoms with van der Waals surface area (Å²) in [5.41, 5.74) is 1.05. The topological polar surface area (TPSA) is 111 Å². The van der Waals surface area contributed by atoms with Crippen LogP contribution in [0.2, 0.25) is 0 Å². The molecule has 146 valence electrons. The van der Waals surface area contributed by atoms with Gasteiger partial charge in [0.25, 0.3) is 5.91 Å². The fourth-order valence-electron chi connectivity index (χ4n) is 3.32. The monoisotopic (exact) mass is 401 g/mol. The average Bonchev–Trinajstić information content (AvgIpc) is 3.38. The number of aromatic nitrogens is 4. The normalized spacial score (nSPS) is 15.7. The maximum atomic E-state index is 12.7. The number of aryl methyl sites for hydroxylation is 1. The molecule has 1 aliphatic rings. The Morgan fingerprint density at radius 2 is 1.89 bits per heavy atom. The van der Waals surface area contributed by atoms with E-state index in [-0.39, 0.29) is 16.8 Å². The summed E-state index contributed by atoms with van der Waals surface area (Å²) in [6.45, 7) is 0.655. The van der Waals surface area contributed by atoms with Gasteiger partial charge in [0.15, 0.2) is 11.5 Å². The Balaban J connectivity index is 1.44. The molecular weight excluding hydrogens is 382 g/mol. The lowest BCUT2D eigenvalue weighted by Crippen LogP contribution is -2.43. The fourth-order valence-corrected chi connectivity index (χ4v) is 5.06. The van der Waals surface area contributed by atoms with Gasteiger partial charge < -0.3 is 14.0 Å². The van der Waals surface area contributed by atoms with Gasteiger partial charge in [-0.3, -0.25) is 4.79 Å². The number of likely N-dealkylation sites (tertiary alicyclic amines) is 1. The minimum atomic E-state index is -3.58. The first-order valence-electron chi connectivity index (χ1n) is 8.86. The van der Waals surface area contributed by atoms with Gasteiger partial charge in [0, 0.05) is 31.8 Å². The van der Waals surface area contributed by atoms with E-state index in [0.29, 0.717) is 31.7 Å². The highest BCUT2D eigenvalue weighted by molar-refractivity contribution is 7.91. The number of hydrogen-bond donors (Lipinski definition) is 0. The van der Waals surface area contributed by atoms with Crippen LogP contribution in [0.5, 0.6) is 0 Å². The van der Waals surface area contributed by atoms with E-state index in [2.05, 4.69) is 15.4 Å². The van der Waals surface area contributed by atoms with E-state index in [1.165, 1.54) is 10.9 Å². The van der Waals surface area contributed by atoms with Crippen LogP contribution in [0.25, 0.3) is 11.3 Å². The van der Waals surface area contributed by atoms with Crippen molar-refractivity contribution in [1.29, 1.82) is 0 Å². The quantitative estimate of drug-likeness (QED) is 0.652. The van der Waals surface area contributed by atoms with Crippen molar-refractivity contribution < 1.29 is 17.7 Å².